The molecule has 0 amide bonds. The Hall–Kier alpha value is -3.03. The first kappa shape index (κ1) is 12.4. The van der Waals surface area contributed by atoms with Gasteiger partial charge in [-0.25, -0.2) is 9.79 Å². The van der Waals surface area contributed by atoms with E-state index >= 15 is 0 Å². The maximum Gasteiger partial charge on any atom is 0.325 e. The Bertz CT molecular complexity index is 742. The molecule has 0 atom stereocenters. The molecule has 0 unspecified atom stereocenters. The molecule has 8 nitrogen and oxygen atoms in total. The molecule has 0 radical (unpaired) electrons. The van der Waals surface area contributed by atoms with Crippen LogP contribution in [0.25, 0.3) is 0 Å². The molecule has 8 heteroatoms. The lowest BCUT2D eigenvalue weighted by molar-refractivity contribution is -0.384. The van der Waals surface area contributed by atoms with Crippen LogP contribution in [0.15, 0.2) is 45.0 Å². The number of rotatable bonds is 3. The van der Waals surface area contributed by atoms with Crippen LogP contribution in [0.3, 0.4) is 0 Å². The summed E-state index contributed by atoms with van der Waals surface area (Å²) in [7, 11) is 0. The molecule has 0 fully saturated rings. The van der Waals surface area contributed by atoms with E-state index in [0.29, 0.717) is 5.56 Å². The molecule has 2 rings (SSSR count). The largest absolute Gasteiger partial charge is 0.325 e. The number of aromatic nitrogens is 2. The first-order valence-electron chi connectivity index (χ1n) is 5.17. The topological polar surface area (TPSA) is 121 Å². The zero-order chi connectivity index (χ0) is 13.8. The van der Waals surface area contributed by atoms with E-state index in [1.165, 1.54) is 36.7 Å². The van der Waals surface area contributed by atoms with Gasteiger partial charge in [0.1, 0.15) is 5.69 Å². The SMILES string of the molecule is O=c1[nH]cc(N=Cc2ccc([N+](=O)[O-])cc2)c(=O)[nH]1. The van der Waals surface area contributed by atoms with Gasteiger partial charge in [-0.1, -0.05) is 0 Å². The lowest BCUT2D eigenvalue weighted by Crippen LogP contribution is -2.20. The van der Waals surface area contributed by atoms with Gasteiger partial charge in [0.25, 0.3) is 11.2 Å². The first-order chi connectivity index (χ1) is 9.06. The number of hydrogen-bond donors (Lipinski definition) is 2. The minimum absolute atomic E-state index is 0.0287. The van der Waals surface area contributed by atoms with E-state index in [0.717, 1.165) is 0 Å². The second kappa shape index (κ2) is 5.08. The number of nitrogens with one attached hydrogen (secondary N) is 2. The Kier molecular flexibility index (Phi) is 3.33. The molecule has 1 aromatic heterocycles. The zero-order valence-electron chi connectivity index (χ0n) is 9.49. The molecular formula is C11H8N4O4. The van der Waals surface area contributed by atoms with Gasteiger partial charge in [-0.3, -0.25) is 19.9 Å². The van der Waals surface area contributed by atoms with Crippen molar-refractivity contribution in [3.63, 3.8) is 0 Å². The zero-order valence-corrected chi connectivity index (χ0v) is 9.49. The van der Waals surface area contributed by atoms with Crippen molar-refractivity contribution in [2.45, 2.75) is 0 Å². The summed E-state index contributed by atoms with van der Waals surface area (Å²) < 4.78 is 0. The fourth-order valence-electron chi connectivity index (χ4n) is 1.32. The minimum atomic E-state index is -0.612. The highest BCUT2D eigenvalue weighted by molar-refractivity contribution is 5.82. The van der Waals surface area contributed by atoms with E-state index in [9.17, 15) is 19.7 Å². The van der Waals surface area contributed by atoms with Gasteiger partial charge in [0.2, 0.25) is 0 Å². The van der Waals surface area contributed by atoms with Crippen LogP contribution in [0.5, 0.6) is 0 Å². The number of aliphatic imine (C=N–C) groups is 1. The van der Waals surface area contributed by atoms with Gasteiger partial charge < -0.3 is 4.98 Å². The van der Waals surface area contributed by atoms with Gasteiger partial charge in [-0.2, -0.15) is 0 Å². The highest BCUT2D eigenvalue weighted by Crippen LogP contribution is 2.11. The fraction of sp³-hybridized carbons (Fsp3) is 0. The number of hydrogen-bond acceptors (Lipinski definition) is 5. The van der Waals surface area contributed by atoms with Gasteiger partial charge in [0.15, 0.2) is 0 Å². The Labute approximate surface area is 105 Å². The smallest absolute Gasteiger partial charge is 0.312 e. The number of benzene rings is 1. The van der Waals surface area contributed by atoms with Gasteiger partial charge in [-0.05, 0) is 17.7 Å². The fourth-order valence-corrected chi connectivity index (χ4v) is 1.32. The summed E-state index contributed by atoms with van der Waals surface area (Å²) in [6.07, 6.45) is 2.55. The average molecular weight is 260 g/mol. The van der Waals surface area contributed by atoms with Crippen LogP contribution in [-0.4, -0.2) is 21.1 Å². The van der Waals surface area contributed by atoms with Crippen molar-refractivity contribution in [3.05, 3.63) is 67.0 Å². The number of nitro benzene ring substituents is 1. The summed E-state index contributed by atoms with van der Waals surface area (Å²) in [4.78, 5) is 40.3. The van der Waals surface area contributed by atoms with Gasteiger partial charge in [-0.15, -0.1) is 0 Å². The van der Waals surface area contributed by atoms with E-state index < -0.39 is 16.2 Å². The highest BCUT2D eigenvalue weighted by atomic mass is 16.6. The molecule has 2 aromatic rings. The molecule has 0 spiro atoms. The van der Waals surface area contributed by atoms with Crippen molar-refractivity contribution in [3.8, 4) is 0 Å². The average Bonchev–Trinajstić information content (AvgIpc) is 2.38. The van der Waals surface area contributed by atoms with Crippen molar-refractivity contribution in [1.29, 1.82) is 0 Å². The van der Waals surface area contributed by atoms with E-state index in [4.69, 9.17) is 0 Å². The molecule has 19 heavy (non-hydrogen) atoms. The van der Waals surface area contributed by atoms with Gasteiger partial charge in [0.05, 0.1) is 4.92 Å². The molecular weight excluding hydrogens is 252 g/mol. The molecule has 96 valence electrons. The predicted octanol–water partition coefficient (Wildman–Crippen LogP) is 0.722. The Balaban J connectivity index is 2.25. The molecule has 0 aliphatic rings. The molecule has 0 saturated heterocycles. The molecule has 0 aliphatic carbocycles. The lowest BCUT2D eigenvalue weighted by Gasteiger charge is -1.94. The Morgan fingerprint density at radius 3 is 2.47 bits per heavy atom. The molecule has 0 aliphatic heterocycles. The number of non-ortho nitro benzene ring substituents is 1. The Morgan fingerprint density at radius 2 is 1.89 bits per heavy atom. The summed E-state index contributed by atoms with van der Waals surface area (Å²) in [5.74, 6) is 0. The van der Waals surface area contributed by atoms with E-state index in [1.807, 2.05) is 4.98 Å². The van der Waals surface area contributed by atoms with E-state index in [-0.39, 0.29) is 11.4 Å². The summed E-state index contributed by atoms with van der Waals surface area (Å²) in [6.45, 7) is 0. The highest BCUT2D eigenvalue weighted by Gasteiger charge is 2.02. The Morgan fingerprint density at radius 1 is 1.21 bits per heavy atom. The normalized spacial score (nSPS) is 10.7. The van der Waals surface area contributed by atoms with Crippen LogP contribution in [-0.2, 0) is 0 Å². The maximum absolute atomic E-state index is 11.3. The molecule has 0 saturated carbocycles. The number of aromatic amines is 2. The van der Waals surface area contributed by atoms with Crippen LogP contribution in [0.2, 0.25) is 0 Å². The predicted molar refractivity (Wildman–Crippen MR) is 68.0 cm³/mol. The van der Waals surface area contributed by atoms with Crippen LogP contribution < -0.4 is 11.2 Å². The van der Waals surface area contributed by atoms with Crippen LogP contribution >= 0.6 is 0 Å². The molecule has 2 N–H and O–H groups in total. The monoisotopic (exact) mass is 260 g/mol. The van der Waals surface area contributed by atoms with Crippen LogP contribution in [0, 0.1) is 10.1 Å². The third kappa shape index (κ3) is 3.00. The van der Waals surface area contributed by atoms with E-state index in [2.05, 4.69) is 9.98 Å². The van der Waals surface area contributed by atoms with Crippen molar-refractivity contribution in [2.24, 2.45) is 4.99 Å². The number of nitrogens with zero attached hydrogens (tertiary/aromatic N) is 2. The standard InChI is InChI=1S/C11H8N4O4/c16-10-9(6-13-11(17)14-10)12-5-7-1-3-8(4-2-7)15(18)19/h1-6H,(H2,13,14,16,17). The number of nitro groups is 1. The minimum Gasteiger partial charge on any atom is -0.312 e. The number of H-pyrrole nitrogens is 2. The second-order valence-corrected chi connectivity index (χ2v) is 3.56. The van der Waals surface area contributed by atoms with Crippen molar-refractivity contribution >= 4 is 17.6 Å². The molecule has 1 heterocycles. The third-order valence-corrected chi connectivity index (χ3v) is 2.26. The van der Waals surface area contributed by atoms with Crippen molar-refractivity contribution < 1.29 is 4.92 Å². The van der Waals surface area contributed by atoms with Crippen molar-refractivity contribution in [1.82, 2.24) is 9.97 Å². The van der Waals surface area contributed by atoms with Crippen LogP contribution in [0.4, 0.5) is 11.4 Å². The van der Waals surface area contributed by atoms with Crippen LogP contribution in [0.1, 0.15) is 5.56 Å². The summed E-state index contributed by atoms with van der Waals surface area (Å²) in [5.41, 5.74) is -0.616. The van der Waals surface area contributed by atoms with Gasteiger partial charge in [0, 0.05) is 24.5 Å². The summed E-state index contributed by atoms with van der Waals surface area (Å²) >= 11 is 0. The quantitative estimate of drug-likeness (QED) is 0.479. The van der Waals surface area contributed by atoms with Gasteiger partial charge >= 0.3 is 5.69 Å². The maximum atomic E-state index is 11.3. The summed E-state index contributed by atoms with van der Waals surface area (Å²) in [5, 5.41) is 10.5. The van der Waals surface area contributed by atoms with Crippen molar-refractivity contribution in [2.75, 3.05) is 0 Å². The lowest BCUT2D eigenvalue weighted by atomic mass is 10.2. The van der Waals surface area contributed by atoms with E-state index in [1.54, 1.807) is 0 Å². The summed E-state index contributed by atoms with van der Waals surface area (Å²) in [6, 6.07) is 5.67. The third-order valence-electron chi connectivity index (χ3n) is 2.26. The molecule has 0 bridgehead atoms. The first-order valence-corrected chi connectivity index (χ1v) is 5.17. The molecule has 1 aromatic carbocycles. The second-order valence-electron chi connectivity index (χ2n) is 3.56.